The third-order valence-electron chi connectivity index (χ3n) is 3.79. The van der Waals surface area contributed by atoms with Crippen molar-refractivity contribution in [1.29, 1.82) is 0 Å². The predicted molar refractivity (Wildman–Crippen MR) is 75.4 cm³/mol. The molecule has 0 unspecified atom stereocenters. The summed E-state index contributed by atoms with van der Waals surface area (Å²) < 4.78 is 1.54. The fourth-order valence-corrected chi connectivity index (χ4v) is 2.57. The van der Waals surface area contributed by atoms with Gasteiger partial charge in [0.25, 0.3) is 0 Å². The first-order valence-corrected chi connectivity index (χ1v) is 6.84. The molecule has 7 heteroatoms. The molecule has 0 aliphatic carbocycles. The van der Waals surface area contributed by atoms with Crippen LogP contribution in [0.25, 0.3) is 11.0 Å². The van der Waals surface area contributed by atoms with E-state index in [4.69, 9.17) is 0 Å². The molecule has 1 aliphatic heterocycles. The van der Waals surface area contributed by atoms with Crippen molar-refractivity contribution in [2.24, 2.45) is 0 Å². The summed E-state index contributed by atoms with van der Waals surface area (Å²) in [5.74, 6) is 1.31. The van der Waals surface area contributed by atoms with Crippen LogP contribution < -0.4 is 0 Å². The number of hydrogen-bond acceptors (Lipinski definition) is 4. The molecule has 3 heterocycles. The van der Waals surface area contributed by atoms with E-state index in [0.29, 0.717) is 13.1 Å². The second-order valence-electron chi connectivity index (χ2n) is 5.23. The molecule has 3 aromatic rings. The molecule has 1 aromatic carbocycles. The van der Waals surface area contributed by atoms with Crippen molar-refractivity contribution in [2.45, 2.75) is 12.5 Å². The van der Waals surface area contributed by atoms with E-state index < -0.39 is 0 Å². The number of aromatic amines is 1. The molecule has 1 amide bonds. The number of nitrogens with one attached hydrogen (secondary N) is 1. The van der Waals surface area contributed by atoms with Crippen molar-refractivity contribution in [2.75, 3.05) is 13.1 Å². The molecule has 0 bridgehead atoms. The molecule has 0 atom stereocenters. The highest BCUT2D eigenvalue weighted by molar-refractivity contribution is 5.77. The summed E-state index contributed by atoms with van der Waals surface area (Å²) in [6.45, 7) is 1.65. The first-order valence-electron chi connectivity index (χ1n) is 6.84. The normalized spacial score (nSPS) is 15.3. The van der Waals surface area contributed by atoms with Crippen molar-refractivity contribution in [1.82, 2.24) is 29.6 Å². The van der Waals surface area contributed by atoms with Crippen molar-refractivity contribution in [3.63, 3.8) is 0 Å². The molecule has 4 rings (SSSR count). The van der Waals surface area contributed by atoms with Crippen LogP contribution in [0.2, 0.25) is 0 Å². The quantitative estimate of drug-likeness (QED) is 0.770. The van der Waals surface area contributed by atoms with E-state index in [9.17, 15) is 4.79 Å². The number of para-hydroxylation sites is 2. The lowest BCUT2D eigenvalue weighted by molar-refractivity contribution is -0.136. The molecular formula is C14H14N6O. The van der Waals surface area contributed by atoms with Crippen LogP contribution in [0.4, 0.5) is 0 Å². The minimum Gasteiger partial charge on any atom is -0.342 e. The van der Waals surface area contributed by atoms with Crippen molar-refractivity contribution in [3.05, 3.63) is 42.7 Å². The highest BCUT2D eigenvalue weighted by atomic mass is 16.2. The number of fused-ring (bicyclic) bond motifs is 1. The van der Waals surface area contributed by atoms with E-state index >= 15 is 0 Å². The van der Waals surface area contributed by atoms with Crippen molar-refractivity contribution >= 4 is 16.9 Å². The van der Waals surface area contributed by atoms with E-state index in [1.165, 1.54) is 11.0 Å². The van der Waals surface area contributed by atoms with Crippen molar-refractivity contribution in [3.8, 4) is 0 Å². The largest absolute Gasteiger partial charge is 0.342 e. The number of imidazole rings is 1. The highest BCUT2D eigenvalue weighted by Gasteiger charge is 2.33. The summed E-state index contributed by atoms with van der Waals surface area (Å²) in [5.41, 5.74) is 2.01. The topological polar surface area (TPSA) is 79.7 Å². The van der Waals surface area contributed by atoms with E-state index in [1.54, 1.807) is 6.33 Å². The molecule has 1 saturated heterocycles. The van der Waals surface area contributed by atoms with Gasteiger partial charge in [0, 0.05) is 13.1 Å². The maximum atomic E-state index is 12.0. The van der Waals surface area contributed by atoms with Gasteiger partial charge >= 0.3 is 0 Å². The summed E-state index contributed by atoms with van der Waals surface area (Å²) >= 11 is 0. The zero-order chi connectivity index (χ0) is 14.2. The zero-order valence-electron chi connectivity index (χ0n) is 11.3. The molecule has 1 N–H and O–H groups in total. The predicted octanol–water partition coefficient (Wildman–Crippen LogP) is 0.780. The molecule has 1 fully saturated rings. The summed E-state index contributed by atoms with van der Waals surface area (Å²) in [7, 11) is 0. The molecule has 0 radical (unpaired) electrons. The van der Waals surface area contributed by atoms with Crippen LogP contribution in [0.15, 0.2) is 36.9 Å². The summed E-state index contributed by atoms with van der Waals surface area (Å²) in [5, 5.41) is 3.94. The van der Waals surface area contributed by atoms with E-state index in [-0.39, 0.29) is 18.4 Å². The second-order valence-corrected chi connectivity index (χ2v) is 5.23. The Balaban J connectivity index is 1.41. The standard InChI is InChI=1S/C14H14N6O/c21-13(7-20-9-15-8-16-20)19-5-10(6-19)14-17-11-3-1-2-4-12(11)18-14/h1-4,8-10H,5-7H2,(H,17,18). The third kappa shape index (κ3) is 2.16. The molecule has 106 valence electrons. The van der Waals surface area contributed by atoms with Gasteiger partial charge in [0.2, 0.25) is 5.91 Å². The Morgan fingerprint density at radius 3 is 2.95 bits per heavy atom. The summed E-state index contributed by atoms with van der Waals surface area (Å²) in [4.78, 5) is 25.6. The van der Waals surface area contributed by atoms with Crippen molar-refractivity contribution < 1.29 is 4.79 Å². The lowest BCUT2D eigenvalue weighted by Crippen LogP contribution is -2.50. The molecule has 7 nitrogen and oxygen atoms in total. The number of aromatic nitrogens is 5. The van der Waals surface area contributed by atoms with Gasteiger partial charge in [-0.25, -0.2) is 14.6 Å². The molecule has 1 aliphatic rings. The number of nitrogens with zero attached hydrogens (tertiary/aromatic N) is 5. The maximum Gasteiger partial charge on any atom is 0.244 e. The molecule has 0 saturated carbocycles. The van der Waals surface area contributed by atoms with Crippen LogP contribution in [-0.4, -0.2) is 48.6 Å². The fraction of sp³-hybridized carbons (Fsp3) is 0.286. The van der Waals surface area contributed by atoms with Crippen LogP contribution >= 0.6 is 0 Å². The molecule has 21 heavy (non-hydrogen) atoms. The number of H-pyrrole nitrogens is 1. The highest BCUT2D eigenvalue weighted by Crippen LogP contribution is 2.26. The molecule has 2 aromatic heterocycles. The SMILES string of the molecule is O=C(Cn1cncn1)N1CC(c2nc3ccccc3[nH]2)C1. The monoisotopic (exact) mass is 282 g/mol. The van der Waals surface area contributed by atoms with Gasteiger partial charge in [0.1, 0.15) is 25.0 Å². The van der Waals surface area contributed by atoms with Gasteiger partial charge in [-0.3, -0.25) is 4.79 Å². The van der Waals surface area contributed by atoms with Gasteiger partial charge in [-0.2, -0.15) is 5.10 Å². The van der Waals surface area contributed by atoms with Crippen LogP contribution in [0.1, 0.15) is 11.7 Å². The Hall–Kier alpha value is -2.70. The number of carbonyl (C=O) groups is 1. The number of benzene rings is 1. The number of likely N-dealkylation sites (tertiary alicyclic amines) is 1. The van der Waals surface area contributed by atoms with E-state index in [2.05, 4.69) is 20.1 Å². The molecule has 0 spiro atoms. The minimum atomic E-state index is 0.0628. The Kier molecular flexibility index (Phi) is 2.70. The lowest BCUT2D eigenvalue weighted by atomic mass is 9.99. The Bertz CT molecular complexity index is 739. The lowest BCUT2D eigenvalue weighted by Gasteiger charge is -2.38. The number of amides is 1. The average molecular weight is 282 g/mol. The molecular weight excluding hydrogens is 268 g/mol. The van der Waals surface area contributed by atoms with Gasteiger partial charge in [0.05, 0.1) is 17.0 Å². The zero-order valence-corrected chi connectivity index (χ0v) is 11.3. The summed E-state index contributed by atoms with van der Waals surface area (Å²) in [6, 6.07) is 7.96. The van der Waals surface area contributed by atoms with Crippen LogP contribution in [0.5, 0.6) is 0 Å². The van der Waals surface area contributed by atoms with E-state index in [1.807, 2.05) is 29.2 Å². The smallest absolute Gasteiger partial charge is 0.244 e. The third-order valence-corrected chi connectivity index (χ3v) is 3.79. The van der Waals surface area contributed by atoms with Gasteiger partial charge in [-0.1, -0.05) is 12.1 Å². The number of hydrogen-bond donors (Lipinski definition) is 1. The second kappa shape index (κ2) is 4.69. The van der Waals surface area contributed by atoms with E-state index in [0.717, 1.165) is 16.9 Å². The Labute approximate surface area is 120 Å². The Morgan fingerprint density at radius 1 is 1.33 bits per heavy atom. The maximum absolute atomic E-state index is 12.0. The first-order chi connectivity index (χ1) is 10.3. The van der Waals surface area contributed by atoms with Gasteiger partial charge in [-0.15, -0.1) is 0 Å². The van der Waals surface area contributed by atoms with Gasteiger partial charge < -0.3 is 9.88 Å². The summed E-state index contributed by atoms with van der Waals surface area (Å²) in [6.07, 6.45) is 2.98. The number of carbonyl (C=O) groups excluding carboxylic acids is 1. The minimum absolute atomic E-state index is 0.0628. The van der Waals surface area contributed by atoms with Crippen LogP contribution in [-0.2, 0) is 11.3 Å². The van der Waals surface area contributed by atoms with Gasteiger partial charge in [0.15, 0.2) is 0 Å². The fourth-order valence-electron chi connectivity index (χ4n) is 2.57. The van der Waals surface area contributed by atoms with Crippen LogP contribution in [0.3, 0.4) is 0 Å². The van der Waals surface area contributed by atoms with Crippen LogP contribution in [0, 0.1) is 0 Å². The van der Waals surface area contributed by atoms with Gasteiger partial charge in [-0.05, 0) is 12.1 Å². The average Bonchev–Trinajstić information content (AvgIpc) is 3.05. The Morgan fingerprint density at radius 2 is 2.19 bits per heavy atom. The first kappa shape index (κ1) is 12.1. The number of rotatable bonds is 3.